The normalized spacial score (nSPS) is 12.5. The van der Waals surface area contributed by atoms with Crippen LogP contribution in [0.15, 0.2) is 54.6 Å². The molecule has 2 atom stereocenters. The summed E-state index contributed by atoms with van der Waals surface area (Å²) in [5, 5.41) is 11.4. The van der Waals surface area contributed by atoms with Gasteiger partial charge >= 0.3 is 5.97 Å². The summed E-state index contributed by atoms with van der Waals surface area (Å²) < 4.78 is 5.28. The van der Waals surface area contributed by atoms with Crippen molar-refractivity contribution in [3.63, 3.8) is 0 Å². The zero-order valence-corrected chi connectivity index (χ0v) is 15.6. The monoisotopic (exact) mass is 364 g/mol. The molecular formula is C22H24N2O3. The fraction of sp³-hybridized carbons (Fsp3) is 0.318. The van der Waals surface area contributed by atoms with Crippen molar-refractivity contribution in [1.82, 2.24) is 0 Å². The number of nitrogens with one attached hydrogen (secondary N) is 1. The molecule has 0 aliphatic rings. The quantitative estimate of drug-likeness (QED) is 0.716. The number of hydrogen-bond donors (Lipinski definition) is 1. The molecule has 2 rings (SSSR count). The maximum absolute atomic E-state index is 12.6. The average Bonchev–Trinajstić information content (AvgIpc) is 2.69. The molecule has 1 amide bonds. The molecule has 0 radical (unpaired) electrons. The molecule has 2 aromatic carbocycles. The van der Waals surface area contributed by atoms with Crippen LogP contribution in [0.25, 0.3) is 0 Å². The number of nitriles is 1. The Hall–Kier alpha value is -3.13. The van der Waals surface area contributed by atoms with E-state index < -0.39 is 17.8 Å². The summed E-state index contributed by atoms with van der Waals surface area (Å²) in [6, 6.07) is 18.6. The molecule has 0 heterocycles. The number of esters is 1. The molecule has 0 spiro atoms. The van der Waals surface area contributed by atoms with Crippen LogP contribution < -0.4 is 5.32 Å². The van der Waals surface area contributed by atoms with Crippen LogP contribution in [0.1, 0.15) is 37.3 Å². The second-order valence-electron chi connectivity index (χ2n) is 6.46. The smallest absolute Gasteiger partial charge is 0.314 e. The Kier molecular flexibility index (Phi) is 7.57. The van der Waals surface area contributed by atoms with E-state index in [4.69, 9.17) is 10.00 Å². The predicted molar refractivity (Wildman–Crippen MR) is 104 cm³/mol. The van der Waals surface area contributed by atoms with E-state index in [1.807, 2.05) is 44.2 Å². The van der Waals surface area contributed by atoms with Gasteiger partial charge in [0.1, 0.15) is 0 Å². The summed E-state index contributed by atoms with van der Waals surface area (Å²) in [6.07, 6.45) is 1.15. The SMILES string of the molecule is CC[C@@H](C)[C@H](C(=O)OCC(=O)Nc1ccc(CC#N)cc1)c1ccccc1. The highest BCUT2D eigenvalue weighted by Crippen LogP contribution is 2.28. The number of carbonyl (C=O) groups is 2. The zero-order valence-electron chi connectivity index (χ0n) is 15.6. The van der Waals surface area contributed by atoms with Gasteiger partial charge in [0.2, 0.25) is 0 Å². The van der Waals surface area contributed by atoms with Gasteiger partial charge in [0.05, 0.1) is 18.4 Å². The molecule has 2 aromatic rings. The minimum atomic E-state index is -0.396. The van der Waals surface area contributed by atoms with Crippen molar-refractivity contribution in [1.29, 1.82) is 5.26 Å². The molecule has 0 saturated heterocycles. The highest BCUT2D eigenvalue weighted by atomic mass is 16.5. The lowest BCUT2D eigenvalue weighted by Crippen LogP contribution is -2.26. The van der Waals surface area contributed by atoms with Crippen molar-refractivity contribution in [2.75, 3.05) is 11.9 Å². The average molecular weight is 364 g/mol. The van der Waals surface area contributed by atoms with E-state index >= 15 is 0 Å². The number of ether oxygens (including phenoxy) is 1. The van der Waals surface area contributed by atoms with Gasteiger partial charge in [-0.25, -0.2) is 0 Å². The third-order valence-electron chi connectivity index (χ3n) is 4.49. The van der Waals surface area contributed by atoms with Gasteiger partial charge in [-0.1, -0.05) is 62.7 Å². The van der Waals surface area contributed by atoms with Gasteiger partial charge in [-0.15, -0.1) is 0 Å². The number of amides is 1. The predicted octanol–water partition coefficient (Wildman–Crippen LogP) is 4.06. The summed E-state index contributed by atoms with van der Waals surface area (Å²) in [7, 11) is 0. The Morgan fingerprint density at radius 2 is 1.78 bits per heavy atom. The molecular weight excluding hydrogens is 340 g/mol. The van der Waals surface area contributed by atoms with Gasteiger partial charge in [-0.05, 0) is 29.2 Å². The first-order chi connectivity index (χ1) is 13.0. The minimum Gasteiger partial charge on any atom is -0.455 e. The second kappa shape index (κ2) is 10.1. The van der Waals surface area contributed by atoms with Crippen LogP contribution in [0, 0.1) is 17.2 Å². The van der Waals surface area contributed by atoms with Gasteiger partial charge in [0.25, 0.3) is 5.91 Å². The number of benzene rings is 2. The number of hydrogen-bond acceptors (Lipinski definition) is 4. The maximum atomic E-state index is 12.6. The standard InChI is InChI=1S/C22H24N2O3/c1-3-16(2)21(18-7-5-4-6-8-18)22(26)27-15-20(25)24-19-11-9-17(10-12-19)13-14-23/h4-12,16,21H,3,13,15H2,1-2H3,(H,24,25)/t16-,21+/m1/s1. The van der Waals surface area contributed by atoms with Crippen molar-refractivity contribution in [2.45, 2.75) is 32.6 Å². The van der Waals surface area contributed by atoms with E-state index in [9.17, 15) is 9.59 Å². The molecule has 0 aliphatic carbocycles. The highest BCUT2D eigenvalue weighted by molar-refractivity contribution is 5.93. The van der Waals surface area contributed by atoms with Gasteiger partial charge in [-0.3, -0.25) is 9.59 Å². The van der Waals surface area contributed by atoms with E-state index in [2.05, 4.69) is 11.4 Å². The largest absolute Gasteiger partial charge is 0.455 e. The van der Waals surface area contributed by atoms with Crippen LogP contribution in [-0.4, -0.2) is 18.5 Å². The molecule has 140 valence electrons. The fourth-order valence-corrected chi connectivity index (χ4v) is 2.81. The van der Waals surface area contributed by atoms with E-state index in [0.717, 1.165) is 17.5 Å². The Labute approximate surface area is 160 Å². The van der Waals surface area contributed by atoms with Gasteiger partial charge in [0.15, 0.2) is 6.61 Å². The van der Waals surface area contributed by atoms with Crippen molar-refractivity contribution < 1.29 is 14.3 Å². The van der Waals surface area contributed by atoms with Crippen LogP contribution in [0.4, 0.5) is 5.69 Å². The fourth-order valence-electron chi connectivity index (χ4n) is 2.81. The molecule has 5 nitrogen and oxygen atoms in total. The van der Waals surface area contributed by atoms with Crippen molar-refractivity contribution in [3.8, 4) is 6.07 Å². The van der Waals surface area contributed by atoms with E-state index in [0.29, 0.717) is 12.1 Å². The Bertz CT molecular complexity index is 795. The van der Waals surface area contributed by atoms with Gasteiger partial charge < -0.3 is 10.1 Å². The Morgan fingerprint density at radius 1 is 1.11 bits per heavy atom. The summed E-state index contributed by atoms with van der Waals surface area (Å²) >= 11 is 0. The topological polar surface area (TPSA) is 79.2 Å². The summed E-state index contributed by atoms with van der Waals surface area (Å²) in [5.41, 5.74) is 2.37. The van der Waals surface area contributed by atoms with Gasteiger partial charge in [-0.2, -0.15) is 5.26 Å². The minimum absolute atomic E-state index is 0.107. The molecule has 0 bridgehead atoms. The number of anilines is 1. The first kappa shape index (κ1) is 20.2. The number of rotatable bonds is 8. The Morgan fingerprint density at radius 3 is 2.37 bits per heavy atom. The Balaban J connectivity index is 1.94. The number of carbonyl (C=O) groups excluding carboxylic acids is 2. The first-order valence-electron chi connectivity index (χ1n) is 9.02. The third-order valence-corrected chi connectivity index (χ3v) is 4.49. The lowest BCUT2D eigenvalue weighted by Gasteiger charge is -2.21. The summed E-state index contributed by atoms with van der Waals surface area (Å²) in [4.78, 5) is 24.7. The lowest BCUT2D eigenvalue weighted by molar-refractivity contribution is -0.150. The van der Waals surface area contributed by atoms with Crippen molar-refractivity contribution in [3.05, 3.63) is 65.7 Å². The molecule has 0 fully saturated rings. The highest BCUT2D eigenvalue weighted by Gasteiger charge is 2.27. The lowest BCUT2D eigenvalue weighted by atomic mass is 9.86. The van der Waals surface area contributed by atoms with E-state index in [1.165, 1.54) is 0 Å². The maximum Gasteiger partial charge on any atom is 0.314 e. The number of nitrogens with zero attached hydrogens (tertiary/aromatic N) is 1. The first-order valence-corrected chi connectivity index (χ1v) is 9.02. The summed E-state index contributed by atoms with van der Waals surface area (Å²) in [6.45, 7) is 3.69. The van der Waals surface area contributed by atoms with Crippen LogP contribution in [0.3, 0.4) is 0 Å². The van der Waals surface area contributed by atoms with Crippen LogP contribution in [-0.2, 0) is 20.7 Å². The summed E-state index contributed by atoms with van der Waals surface area (Å²) in [5.74, 6) is -1.08. The van der Waals surface area contributed by atoms with Crippen molar-refractivity contribution >= 4 is 17.6 Å². The van der Waals surface area contributed by atoms with Gasteiger partial charge in [0, 0.05) is 5.69 Å². The van der Waals surface area contributed by atoms with E-state index in [-0.39, 0.29) is 12.5 Å². The molecule has 1 N–H and O–H groups in total. The van der Waals surface area contributed by atoms with Crippen LogP contribution in [0.5, 0.6) is 0 Å². The molecule has 0 aliphatic heterocycles. The molecule has 0 unspecified atom stereocenters. The zero-order chi connectivity index (χ0) is 19.6. The third kappa shape index (κ3) is 5.96. The molecule has 5 heteroatoms. The van der Waals surface area contributed by atoms with Crippen molar-refractivity contribution in [2.24, 2.45) is 5.92 Å². The molecule has 27 heavy (non-hydrogen) atoms. The van der Waals surface area contributed by atoms with Crippen LogP contribution >= 0.6 is 0 Å². The van der Waals surface area contributed by atoms with E-state index in [1.54, 1.807) is 24.3 Å². The molecule has 0 aromatic heterocycles. The molecule has 0 saturated carbocycles. The van der Waals surface area contributed by atoms with Crippen LogP contribution in [0.2, 0.25) is 0 Å². The second-order valence-corrected chi connectivity index (χ2v) is 6.46.